The van der Waals surface area contributed by atoms with Gasteiger partial charge in [0, 0.05) is 10.3 Å². The smallest absolute Gasteiger partial charge is 0.189 e. The summed E-state index contributed by atoms with van der Waals surface area (Å²) >= 11 is 5.26. The Morgan fingerprint density at radius 3 is 2.65 bits per heavy atom. The van der Waals surface area contributed by atoms with Crippen molar-refractivity contribution in [2.24, 2.45) is 0 Å². The Morgan fingerprint density at radius 1 is 1.06 bits per heavy atom. The molecule has 2 nitrogen and oxygen atoms in total. The first-order chi connectivity index (χ1) is 8.33. The Labute approximate surface area is 114 Å². The van der Waals surface area contributed by atoms with Gasteiger partial charge < -0.3 is 0 Å². The monoisotopic (exact) mass is 282 g/mol. The third-order valence-electron chi connectivity index (χ3n) is 3.14. The molecule has 3 rings (SSSR count). The molecule has 90 valence electrons. The molecule has 0 bridgehead atoms. The first-order valence-electron chi connectivity index (χ1n) is 5.73. The molecule has 17 heavy (non-hydrogen) atoms. The van der Waals surface area contributed by atoms with Crippen molar-refractivity contribution in [3.63, 3.8) is 0 Å². The van der Waals surface area contributed by atoms with Crippen LogP contribution in [0.5, 0.6) is 0 Å². The van der Waals surface area contributed by atoms with E-state index in [0.717, 1.165) is 5.16 Å². The molecule has 0 unspecified atom stereocenters. The number of hydrogen-bond donors (Lipinski definition) is 0. The second kappa shape index (κ2) is 4.78. The van der Waals surface area contributed by atoms with Crippen LogP contribution in [0, 0.1) is 0 Å². The van der Waals surface area contributed by atoms with E-state index in [-0.39, 0.29) is 0 Å². The van der Waals surface area contributed by atoms with Crippen LogP contribution in [0.3, 0.4) is 0 Å². The molecule has 2 aromatic rings. The molecule has 0 aliphatic heterocycles. The van der Waals surface area contributed by atoms with Crippen LogP contribution < -0.4 is 0 Å². The minimum absolute atomic E-state index is 0.903. The van der Waals surface area contributed by atoms with Gasteiger partial charge in [0.15, 0.2) is 5.16 Å². The number of thiophene rings is 1. The van der Waals surface area contributed by atoms with Gasteiger partial charge in [0.05, 0.1) is 0 Å². The van der Waals surface area contributed by atoms with Crippen molar-refractivity contribution in [3.05, 3.63) is 10.4 Å². The van der Waals surface area contributed by atoms with Crippen molar-refractivity contribution in [1.29, 1.82) is 0 Å². The van der Waals surface area contributed by atoms with E-state index in [0.29, 0.717) is 0 Å². The molecule has 0 saturated heterocycles. The first-order valence-corrected chi connectivity index (χ1v) is 9.00. The van der Waals surface area contributed by atoms with Gasteiger partial charge in [-0.1, -0.05) is 11.8 Å². The van der Waals surface area contributed by atoms with Gasteiger partial charge in [-0.3, -0.25) is 0 Å². The summed E-state index contributed by atoms with van der Waals surface area (Å²) in [5.41, 5.74) is 1.54. The van der Waals surface area contributed by atoms with Gasteiger partial charge in [-0.2, -0.15) is 0 Å². The molecule has 2 heterocycles. The summed E-state index contributed by atoms with van der Waals surface area (Å²) in [6, 6.07) is 0. The number of nitrogens with zero attached hydrogens (tertiary/aromatic N) is 2. The van der Waals surface area contributed by atoms with Crippen molar-refractivity contribution in [3.8, 4) is 0 Å². The lowest BCUT2D eigenvalue weighted by Crippen LogP contribution is -1.99. The zero-order valence-electron chi connectivity index (χ0n) is 9.95. The molecule has 1 aliphatic rings. The van der Waals surface area contributed by atoms with Crippen LogP contribution in [0.4, 0.5) is 0 Å². The first kappa shape index (κ1) is 11.8. The number of rotatable bonds is 2. The molecule has 0 radical (unpaired) electrons. The SMILES string of the molecule is CSc1nc(SC)c2c3c(sc2n1)CCCC3. The number of aromatic nitrogens is 2. The Hall–Kier alpha value is -0.260. The second-order valence-corrected chi connectivity index (χ2v) is 6.76. The fraction of sp³-hybridized carbons (Fsp3) is 0.500. The highest BCUT2D eigenvalue weighted by molar-refractivity contribution is 7.99. The summed E-state index contributed by atoms with van der Waals surface area (Å²) < 4.78 is 0. The van der Waals surface area contributed by atoms with Gasteiger partial charge >= 0.3 is 0 Å². The molecule has 0 atom stereocenters. The molecular weight excluding hydrogens is 268 g/mol. The number of aryl methyl sites for hydroxylation is 2. The zero-order valence-corrected chi connectivity index (χ0v) is 12.4. The van der Waals surface area contributed by atoms with Gasteiger partial charge in [0.1, 0.15) is 9.86 Å². The lowest BCUT2D eigenvalue weighted by atomic mass is 9.97. The summed E-state index contributed by atoms with van der Waals surface area (Å²) in [6.07, 6.45) is 9.25. The highest BCUT2D eigenvalue weighted by atomic mass is 32.2. The third-order valence-corrected chi connectivity index (χ3v) is 5.55. The molecule has 0 N–H and O–H groups in total. The van der Waals surface area contributed by atoms with E-state index in [2.05, 4.69) is 16.2 Å². The van der Waals surface area contributed by atoms with Crippen LogP contribution in [-0.4, -0.2) is 22.5 Å². The molecule has 5 heteroatoms. The summed E-state index contributed by atoms with van der Waals surface area (Å²) in [4.78, 5) is 12.0. The van der Waals surface area contributed by atoms with Crippen LogP contribution in [0.15, 0.2) is 10.2 Å². The maximum atomic E-state index is 4.66. The van der Waals surface area contributed by atoms with Crippen molar-refractivity contribution in [2.75, 3.05) is 12.5 Å². The molecule has 1 aliphatic carbocycles. The minimum atomic E-state index is 0.903. The predicted octanol–water partition coefficient (Wildman–Crippen LogP) is 4.01. The van der Waals surface area contributed by atoms with E-state index in [9.17, 15) is 0 Å². The van der Waals surface area contributed by atoms with Gasteiger partial charge in [0.25, 0.3) is 0 Å². The van der Waals surface area contributed by atoms with Crippen LogP contribution in [0.2, 0.25) is 0 Å². The highest BCUT2D eigenvalue weighted by Crippen LogP contribution is 2.39. The minimum Gasteiger partial charge on any atom is -0.215 e. The normalized spacial score (nSPS) is 15.2. The van der Waals surface area contributed by atoms with Gasteiger partial charge in [-0.25, -0.2) is 9.97 Å². The van der Waals surface area contributed by atoms with Gasteiger partial charge in [-0.05, 0) is 43.8 Å². The molecule has 2 aromatic heterocycles. The average Bonchev–Trinajstić information content (AvgIpc) is 2.75. The van der Waals surface area contributed by atoms with E-state index in [1.165, 1.54) is 46.5 Å². The largest absolute Gasteiger partial charge is 0.215 e. The van der Waals surface area contributed by atoms with Gasteiger partial charge in [-0.15, -0.1) is 23.1 Å². The summed E-state index contributed by atoms with van der Waals surface area (Å²) in [6.45, 7) is 0. The number of hydrogen-bond acceptors (Lipinski definition) is 5. The fourth-order valence-corrected chi connectivity index (χ4v) is 4.75. The Morgan fingerprint density at radius 2 is 1.88 bits per heavy atom. The van der Waals surface area contributed by atoms with Crippen LogP contribution in [0.1, 0.15) is 23.3 Å². The number of fused-ring (bicyclic) bond motifs is 3. The topological polar surface area (TPSA) is 25.8 Å². The zero-order chi connectivity index (χ0) is 11.8. The van der Waals surface area contributed by atoms with Gasteiger partial charge in [0.2, 0.25) is 0 Å². The molecule has 0 fully saturated rings. The van der Waals surface area contributed by atoms with Crippen LogP contribution >= 0.6 is 34.9 Å². The highest BCUT2D eigenvalue weighted by Gasteiger charge is 2.20. The lowest BCUT2D eigenvalue weighted by molar-refractivity contribution is 0.699. The fourth-order valence-electron chi connectivity index (χ4n) is 2.34. The lowest BCUT2D eigenvalue weighted by Gasteiger charge is -2.11. The quantitative estimate of drug-likeness (QED) is 0.472. The van der Waals surface area contributed by atoms with E-state index in [1.807, 2.05) is 17.6 Å². The van der Waals surface area contributed by atoms with Crippen molar-refractivity contribution in [2.45, 2.75) is 35.9 Å². The summed E-state index contributed by atoms with van der Waals surface area (Å²) in [5, 5.41) is 3.41. The summed E-state index contributed by atoms with van der Waals surface area (Å²) in [5.74, 6) is 0. The molecular formula is C12H14N2S3. The second-order valence-electron chi connectivity index (χ2n) is 4.11. The standard InChI is InChI=1S/C12H14N2S3/c1-15-10-9-7-5-3-4-6-8(7)17-11(9)14-12(13-10)16-2/h3-6H2,1-2H3. The van der Waals surface area contributed by atoms with Crippen molar-refractivity contribution in [1.82, 2.24) is 9.97 Å². The van der Waals surface area contributed by atoms with Crippen LogP contribution in [0.25, 0.3) is 10.2 Å². The molecule has 0 spiro atoms. The Kier molecular flexibility index (Phi) is 3.32. The van der Waals surface area contributed by atoms with Crippen LogP contribution in [-0.2, 0) is 12.8 Å². The van der Waals surface area contributed by atoms with E-state index < -0.39 is 0 Å². The maximum absolute atomic E-state index is 4.66. The molecule has 0 amide bonds. The maximum Gasteiger partial charge on any atom is 0.189 e. The number of thioether (sulfide) groups is 2. The summed E-state index contributed by atoms with van der Waals surface area (Å²) in [7, 11) is 0. The average molecular weight is 282 g/mol. The van der Waals surface area contributed by atoms with E-state index in [1.54, 1.807) is 28.4 Å². The van der Waals surface area contributed by atoms with E-state index in [4.69, 9.17) is 0 Å². The Balaban J connectivity index is 2.29. The molecule has 0 aromatic carbocycles. The predicted molar refractivity (Wildman–Crippen MR) is 77.6 cm³/mol. The van der Waals surface area contributed by atoms with E-state index >= 15 is 0 Å². The Bertz CT molecular complexity index is 562. The third kappa shape index (κ3) is 1.98. The van der Waals surface area contributed by atoms with Crippen molar-refractivity contribution < 1.29 is 0 Å². The molecule has 0 saturated carbocycles. The van der Waals surface area contributed by atoms with Crippen molar-refractivity contribution >= 4 is 45.1 Å².